The average Bonchev–Trinajstić information content (AvgIpc) is 2.77. The summed E-state index contributed by atoms with van der Waals surface area (Å²) in [6.45, 7) is 3.29. The van der Waals surface area contributed by atoms with E-state index < -0.39 is 23.8 Å². The minimum Gasteiger partial charge on any atom is -0.493 e. The molecule has 0 aromatic heterocycles. The number of amides is 3. The highest BCUT2D eigenvalue weighted by Gasteiger charge is 2.24. The van der Waals surface area contributed by atoms with E-state index in [1.807, 2.05) is 0 Å². The number of nitrogens with two attached hydrogens (primary N) is 1. The summed E-state index contributed by atoms with van der Waals surface area (Å²) in [6.07, 6.45) is 1.40. The van der Waals surface area contributed by atoms with Gasteiger partial charge in [-0.1, -0.05) is 37.0 Å². The summed E-state index contributed by atoms with van der Waals surface area (Å²) in [5.41, 5.74) is 8.36. The number of carbonyl (C=O) groups is 3. The Morgan fingerprint density at radius 1 is 1.09 bits per heavy atom. The highest BCUT2D eigenvalue weighted by Crippen LogP contribution is 2.27. The maximum absolute atomic E-state index is 12.6. The first-order chi connectivity index (χ1) is 15.6. The van der Waals surface area contributed by atoms with Crippen molar-refractivity contribution in [1.82, 2.24) is 10.7 Å². The SMILES string of the molecule is COc1cc(/C=N/NC(=O)C(NC(=O)c2ccc(Cl)c(Cl)c2)C(C)C)ccc1OCC(N)=O. The molecule has 4 N–H and O–H groups in total. The Hall–Kier alpha value is -3.30. The van der Waals surface area contributed by atoms with E-state index in [9.17, 15) is 14.4 Å². The van der Waals surface area contributed by atoms with E-state index in [1.165, 1.54) is 31.5 Å². The van der Waals surface area contributed by atoms with Gasteiger partial charge in [0.25, 0.3) is 17.7 Å². The van der Waals surface area contributed by atoms with Crippen LogP contribution in [0.25, 0.3) is 0 Å². The van der Waals surface area contributed by atoms with Gasteiger partial charge in [0.15, 0.2) is 18.1 Å². The molecule has 0 aliphatic rings. The largest absolute Gasteiger partial charge is 0.493 e. The molecule has 176 valence electrons. The van der Waals surface area contributed by atoms with Crippen molar-refractivity contribution in [3.8, 4) is 11.5 Å². The predicted octanol–water partition coefficient (Wildman–Crippen LogP) is 2.77. The van der Waals surface area contributed by atoms with E-state index in [2.05, 4.69) is 15.8 Å². The van der Waals surface area contributed by atoms with E-state index in [4.69, 9.17) is 38.4 Å². The lowest BCUT2D eigenvalue weighted by Crippen LogP contribution is -2.48. The van der Waals surface area contributed by atoms with Crippen LogP contribution >= 0.6 is 23.2 Å². The minimum atomic E-state index is -0.844. The van der Waals surface area contributed by atoms with E-state index in [0.717, 1.165) is 0 Å². The zero-order chi connectivity index (χ0) is 24.5. The number of primary amides is 1. The molecule has 0 saturated carbocycles. The first-order valence-electron chi connectivity index (χ1n) is 9.80. The molecule has 0 aliphatic carbocycles. The van der Waals surface area contributed by atoms with Crippen LogP contribution < -0.4 is 25.9 Å². The molecule has 11 heteroatoms. The van der Waals surface area contributed by atoms with Crippen molar-refractivity contribution in [2.75, 3.05) is 13.7 Å². The maximum Gasteiger partial charge on any atom is 0.262 e. The van der Waals surface area contributed by atoms with Gasteiger partial charge in [-0.15, -0.1) is 0 Å². The summed E-state index contributed by atoms with van der Waals surface area (Å²) in [4.78, 5) is 36.0. The van der Waals surface area contributed by atoms with Gasteiger partial charge < -0.3 is 20.5 Å². The highest BCUT2D eigenvalue weighted by atomic mass is 35.5. The molecule has 2 aromatic carbocycles. The Kier molecular flexibility index (Phi) is 9.50. The molecule has 0 aliphatic heterocycles. The van der Waals surface area contributed by atoms with Crippen LogP contribution in [-0.2, 0) is 9.59 Å². The van der Waals surface area contributed by atoms with Crippen LogP contribution in [0.3, 0.4) is 0 Å². The summed E-state index contributed by atoms with van der Waals surface area (Å²) in [5.74, 6) is -1.10. The molecule has 2 rings (SSSR count). The predicted molar refractivity (Wildman–Crippen MR) is 126 cm³/mol. The van der Waals surface area contributed by atoms with Gasteiger partial charge in [0.2, 0.25) is 0 Å². The van der Waals surface area contributed by atoms with Gasteiger partial charge in [-0.2, -0.15) is 5.10 Å². The third kappa shape index (κ3) is 7.65. The zero-order valence-electron chi connectivity index (χ0n) is 18.2. The first kappa shape index (κ1) is 26.0. The van der Waals surface area contributed by atoms with Crippen LogP contribution in [0, 0.1) is 5.92 Å². The van der Waals surface area contributed by atoms with Crippen molar-refractivity contribution in [2.45, 2.75) is 19.9 Å². The van der Waals surface area contributed by atoms with Crippen molar-refractivity contribution in [1.29, 1.82) is 0 Å². The number of ether oxygens (including phenoxy) is 2. The van der Waals surface area contributed by atoms with Gasteiger partial charge >= 0.3 is 0 Å². The first-order valence-corrected chi connectivity index (χ1v) is 10.6. The molecule has 0 radical (unpaired) electrons. The molecule has 9 nitrogen and oxygen atoms in total. The molecule has 0 fully saturated rings. The molecule has 0 heterocycles. The number of hydrogen-bond acceptors (Lipinski definition) is 6. The number of nitrogens with one attached hydrogen (secondary N) is 2. The van der Waals surface area contributed by atoms with E-state index >= 15 is 0 Å². The van der Waals surface area contributed by atoms with Crippen molar-refractivity contribution in [2.24, 2.45) is 16.8 Å². The average molecular weight is 495 g/mol. The number of carbonyl (C=O) groups excluding carboxylic acids is 3. The fraction of sp³-hybridized carbons (Fsp3) is 0.273. The van der Waals surface area contributed by atoms with Crippen LogP contribution in [0.15, 0.2) is 41.5 Å². The number of nitrogens with zero attached hydrogens (tertiary/aromatic N) is 1. The number of hydrazone groups is 1. The smallest absolute Gasteiger partial charge is 0.262 e. The van der Waals surface area contributed by atoms with Crippen LogP contribution in [0.5, 0.6) is 11.5 Å². The van der Waals surface area contributed by atoms with Crippen LogP contribution in [0.4, 0.5) is 0 Å². The van der Waals surface area contributed by atoms with Crippen molar-refractivity contribution >= 4 is 47.1 Å². The number of hydrogen-bond donors (Lipinski definition) is 3. The van der Waals surface area contributed by atoms with Gasteiger partial charge in [-0.3, -0.25) is 14.4 Å². The zero-order valence-corrected chi connectivity index (χ0v) is 19.7. The Morgan fingerprint density at radius 2 is 1.82 bits per heavy atom. The lowest BCUT2D eigenvalue weighted by atomic mass is 10.0. The molecule has 0 saturated heterocycles. The number of methoxy groups -OCH3 is 1. The van der Waals surface area contributed by atoms with Crippen molar-refractivity contribution in [3.05, 3.63) is 57.6 Å². The quantitative estimate of drug-likeness (QED) is 0.345. The third-order valence-electron chi connectivity index (χ3n) is 4.36. The van der Waals surface area contributed by atoms with Crippen molar-refractivity contribution in [3.63, 3.8) is 0 Å². The number of rotatable bonds is 10. The van der Waals surface area contributed by atoms with Gasteiger partial charge in [-0.05, 0) is 47.9 Å². The van der Waals surface area contributed by atoms with Gasteiger partial charge in [0.05, 0.1) is 23.4 Å². The van der Waals surface area contributed by atoms with Gasteiger partial charge in [0, 0.05) is 5.56 Å². The Bertz CT molecular complexity index is 1060. The van der Waals surface area contributed by atoms with Crippen molar-refractivity contribution < 1.29 is 23.9 Å². The van der Waals surface area contributed by atoms with Crippen LogP contribution in [-0.4, -0.2) is 43.7 Å². The molecular weight excluding hydrogens is 471 g/mol. The summed E-state index contributed by atoms with van der Waals surface area (Å²) < 4.78 is 10.5. The minimum absolute atomic E-state index is 0.214. The van der Waals surface area contributed by atoms with Crippen LogP contribution in [0.1, 0.15) is 29.8 Å². The lowest BCUT2D eigenvalue weighted by molar-refractivity contribution is -0.124. The normalized spacial score (nSPS) is 11.8. The fourth-order valence-corrected chi connectivity index (χ4v) is 2.97. The van der Waals surface area contributed by atoms with Gasteiger partial charge in [0.1, 0.15) is 6.04 Å². The fourth-order valence-electron chi connectivity index (χ4n) is 2.67. The van der Waals surface area contributed by atoms with E-state index in [0.29, 0.717) is 22.1 Å². The second-order valence-corrected chi connectivity index (χ2v) is 8.04. The molecular formula is C22H24Cl2N4O5. The summed E-state index contributed by atoms with van der Waals surface area (Å²) in [7, 11) is 1.44. The number of halogens is 2. The van der Waals surface area contributed by atoms with Gasteiger partial charge in [-0.25, -0.2) is 5.43 Å². The van der Waals surface area contributed by atoms with E-state index in [-0.39, 0.29) is 23.1 Å². The standard InChI is InChI=1S/C22H24Cl2N4O5/c1-12(2)20(27-21(30)14-5-6-15(23)16(24)9-14)22(31)28-26-10-13-4-7-17(18(8-13)32-3)33-11-19(25)29/h4-10,12,20H,11H2,1-3H3,(H2,25,29)(H,27,30)(H,28,31)/b26-10+. The van der Waals surface area contributed by atoms with E-state index in [1.54, 1.807) is 32.0 Å². The molecule has 1 unspecified atom stereocenters. The summed E-state index contributed by atoms with van der Waals surface area (Å²) >= 11 is 11.8. The molecule has 1 atom stereocenters. The third-order valence-corrected chi connectivity index (χ3v) is 5.10. The lowest BCUT2D eigenvalue weighted by Gasteiger charge is -2.20. The number of benzene rings is 2. The highest BCUT2D eigenvalue weighted by molar-refractivity contribution is 6.42. The Balaban J connectivity index is 2.04. The summed E-state index contributed by atoms with van der Waals surface area (Å²) in [6, 6.07) is 8.45. The Morgan fingerprint density at radius 3 is 2.42 bits per heavy atom. The molecule has 33 heavy (non-hydrogen) atoms. The molecule has 0 spiro atoms. The summed E-state index contributed by atoms with van der Waals surface area (Å²) in [5, 5.41) is 7.18. The molecule has 0 bridgehead atoms. The maximum atomic E-state index is 12.6. The molecule has 2 aromatic rings. The topological polar surface area (TPSA) is 132 Å². The second-order valence-electron chi connectivity index (χ2n) is 7.22. The Labute approximate surface area is 201 Å². The molecule has 3 amide bonds. The second kappa shape index (κ2) is 12.1. The van der Waals surface area contributed by atoms with Crippen LogP contribution in [0.2, 0.25) is 10.0 Å². The monoisotopic (exact) mass is 494 g/mol.